The van der Waals surface area contributed by atoms with Gasteiger partial charge in [0, 0.05) is 38.1 Å². The Kier molecular flexibility index (Phi) is 3.79. The molecular formula is C18H24N4O2. The van der Waals surface area contributed by atoms with Crippen LogP contribution >= 0.6 is 0 Å². The maximum atomic E-state index is 12.8. The topological polar surface area (TPSA) is 65.5 Å². The lowest BCUT2D eigenvalue weighted by Crippen LogP contribution is -2.64. The van der Waals surface area contributed by atoms with Crippen LogP contribution in [0.2, 0.25) is 0 Å². The molecule has 128 valence electrons. The van der Waals surface area contributed by atoms with E-state index in [4.69, 9.17) is 0 Å². The van der Waals surface area contributed by atoms with Gasteiger partial charge < -0.3 is 10.2 Å². The molecule has 6 heteroatoms. The van der Waals surface area contributed by atoms with E-state index in [1.54, 1.807) is 6.20 Å². The lowest BCUT2D eigenvalue weighted by molar-refractivity contribution is -0.128. The number of pyridine rings is 1. The maximum absolute atomic E-state index is 12.8. The first-order chi connectivity index (χ1) is 11.6. The molecule has 0 bridgehead atoms. The van der Waals surface area contributed by atoms with Crippen LogP contribution in [-0.4, -0.2) is 64.9 Å². The number of aryl methyl sites for hydroxylation is 1. The predicted molar refractivity (Wildman–Crippen MR) is 89.5 cm³/mol. The normalized spacial score (nSPS) is 27.5. The predicted octanol–water partition coefficient (Wildman–Crippen LogP) is 0.817. The third-order valence-electron chi connectivity index (χ3n) is 5.57. The van der Waals surface area contributed by atoms with Crippen molar-refractivity contribution in [1.29, 1.82) is 0 Å². The number of piperazine rings is 1. The molecule has 0 radical (unpaired) electrons. The van der Waals surface area contributed by atoms with Gasteiger partial charge in [0.1, 0.15) is 0 Å². The Hall–Kier alpha value is -1.95. The Morgan fingerprint density at radius 3 is 2.96 bits per heavy atom. The molecule has 2 saturated heterocycles. The van der Waals surface area contributed by atoms with Crippen molar-refractivity contribution in [3.8, 4) is 0 Å². The summed E-state index contributed by atoms with van der Waals surface area (Å²) in [5.41, 5.74) is 1.46. The maximum Gasteiger partial charge on any atom is 0.255 e. The molecule has 3 aliphatic rings. The lowest BCUT2D eigenvalue weighted by Gasteiger charge is -2.44. The summed E-state index contributed by atoms with van der Waals surface area (Å²) < 4.78 is 0. The minimum Gasteiger partial charge on any atom is -0.353 e. The molecule has 1 aliphatic carbocycles. The Morgan fingerprint density at radius 1 is 1.42 bits per heavy atom. The third-order valence-corrected chi connectivity index (χ3v) is 5.57. The van der Waals surface area contributed by atoms with Crippen LogP contribution in [0.5, 0.6) is 0 Å². The third kappa shape index (κ3) is 2.90. The van der Waals surface area contributed by atoms with Crippen LogP contribution in [0.15, 0.2) is 18.3 Å². The van der Waals surface area contributed by atoms with Crippen molar-refractivity contribution in [3.05, 3.63) is 29.6 Å². The highest BCUT2D eigenvalue weighted by Crippen LogP contribution is 2.36. The second-order valence-corrected chi connectivity index (χ2v) is 7.49. The summed E-state index contributed by atoms with van der Waals surface area (Å²) in [6.45, 7) is 5.44. The molecule has 4 rings (SSSR count). The number of rotatable bonds is 3. The second-order valence-electron chi connectivity index (χ2n) is 7.49. The molecule has 6 nitrogen and oxygen atoms in total. The smallest absolute Gasteiger partial charge is 0.255 e. The van der Waals surface area contributed by atoms with E-state index in [2.05, 4.69) is 15.2 Å². The highest BCUT2D eigenvalue weighted by atomic mass is 16.2. The quantitative estimate of drug-likeness (QED) is 0.892. The van der Waals surface area contributed by atoms with E-state index in [0.717, 1.165) is 31.1 Å². The molecule has 3 heterocycles. The Labute approximate surface area is 142 Å². The van der Waals surface area contributed by atoms with Crippen molar-refractivity contribution >= 4 is 11.8 Å². The second kappa shape index (κ2) is 5.84. The molecule has 1 saturated carbocycles. The van der Waals surface area contributed by atoms with Gasteiger partial charge in [0.2, 0.25) is 5.91 Å². The van der Waals surface area contributed by atoms with E-state index in [9.17, 15) is 9.59 Å². The summed E-state index contributed by atoms with van der Waals surface area (Å²) in [7, 11) is 0. The van der Waals surface area contributed by atoms with Crippen molar-refractivity contribution < 1.29 is 9.59 Å². The van der Waals surface area contributed by atoms with Gasteiger partial charge in [-0.1, -0.05) is 0 Å². The van der Waals surface area contributed by atoms with E-state index < -0.39 is 0 Å². The zero-order valence-electron chi connectivity index (χ0n) is 14.1. The number of carbonyl (C=O) groups is 2. The van der Waals surface area contributed by atoms with Gasteiger partial charge in [-0.15, -0.1) is 0 Å². The van der Waals surface area contributed by atoms with Crippen LogP contribution in [-0.2, 0) is 4.79 Å². The molecule has 0 unspecified atom stereocenters. The summed E-state index contributed by atoms with van der Waals surface area (Å²) in [5, 5.41) is 3.01. The zero-order valence-corrected chi connectivity index (χ0v) is 14.1. The monoisotopic (exact) mass is 328 g/mol. The largest absolute Gasteiger partial charge is 0.353 e. The summed E-state index contributed by atoms with van der Waals surface area (Å²) in [6.07, 6.45) is 5.12. The number of hydrogen-bond donors (Lipinski definition) is 1. The van der Waals surface area contributed by atoms with Crippen molar-refractivity contribution in [2.45, 2.75) is 31.7 Å². The van der Waals surface area contributed by atoms with Crippen molar-refractivity contribution in [3.63, 3.8) is 0 Å². The molecule has 2 amide bonds. The van der Waals surface area contributed by atoms with Crippen molar-refractivity contribution in [1.82, 2.24) is 20.1 Å². The number of likely N-dealkylation sites (tertiary alicyclic amines) is 1. The van der Waals surface area contributed by atoms with Gasteiger partial charge in [-0.3, -0.25) is 19.5 Å². The average Bonchev–Trinajstić information content (AvgIpc) is 3.29. The molecule has 1 atom stereocenters. The number of nitrogens with one attached hydrogen (secondary N) is 1. The molecule has 1 spiro atoms. The fraction of sp³-hybridized carbons (Fsp3) is 0.611. The standard InChI is InChI=1S/C18H24N4O2/c1-13-2-5-15(8-19-13)17(24)21-7-6-18(12-21)11-20-16(23)10-22(18)9-14-3-4-14/h2,5,8,14H,3-4,6-7,9-12H2,1H3,(H,20,23)/t18-/m0/s1. The SMILES string of the molecule is Cc1ccc(C(=O)N2CC[C@]3(CNC(=O)CN3CC3CC3)C2)cn1. The van der Waals surface area contributed by atoms with Crippen LogP contribution < -0.4 is 5.32 Å². The Morgan fingerprint density at radius 2 is 2.25 bits per heavy atom. The minimum absolute atomic E-state index is 0.0441. The summed E-state index contributed by atoms with van der Waals surface area (Å²) in [6, 6.07) is 3.72. The van der Waals surface area contributed by atoms with Gasteiger partial charge in [-0.2, -0.15) is 0 Å². The molecule has 1 aromatic rings. The number of amides is 2. The number of aromatic nitrogens is 1. The highest BCUT2D eigenvalue weighted by Gasteiger charge is 2.48. The van der Waals surface area contributed by atoms with Gasteiger partial charge in [-0.25, -0.2) is 0 Å². The molecule has 3 fully saturated rings. The summed E-state index contributed by atoms with van der Waals surface area (Å²) in [4.78, 5) is 33.1. The summed E-state index contributed by atoms with van der Waals surface area (Å²) in [5.74, 6) is 0.884. The first-order valence-electron chi connectivity index (χ1n) is 8.79. The number of nitrogens with zero attached hydrogens (tertiary/aromatic N) is 3. The van der Waals surface area contributed by atoms with Gasteiger partial charge >= 0.3 is 0 Å². The first kappa shape index (κ1) is 15.6. The van der Waals surface area contributed by atoms with Crippen molar-refractivity contribution in [2.75, 3.05) is 32.7 Å². The number of hydrogen-bond acceptors (Lipinski definition) is 4. The Bertz CT molecular complexity index is 655. The fourth-order valence-corrected chi connectivity index (χ4v) is 3.85. The first-order valence-corrected chi connectivity index (χ1v) is 8.79. The van der Waals surface area contributed by atoms with Crippen LogP contribution in [0, 0.1) is 12.8 Å². The van der Waals surface area contributed by atoms with E-state index >= 15 is 0 Å². The molecule has 2 aliphatic heterocycles. The average molecular weight is 328 g/mol. The fourth-order valence-electron chi connectivity index (χ4n) is 3.85. The van der Waals surface area contributed by atoms with Crippen LogP contribution in [0.1, 0.15) is 35.3 Å². The molecular weight excluding hydrogens is 304 g/mol. The van der Waals surface area contributed by atoms with E-state index in [1.165, 1.54) is 12.8 Å². The minimum atomic E-state index is -0.0930. The zero-order chi connectivity index (χ0) is 16.7. The van der Waals surface area contributed by atoms with Gasteiger partial charge in [0.05, 0.1) is 17.6 Å². The van der Waals surface area contributed by atoms with Gasteiger partial charge in [-0.05, 0) is 44.2 Å². The molecule has 1 N–H and O–H groups in total. The van der Waals surface area contributed by atoms with E-state index in [1.807, 2.05) is 24.0 Å². The van der Waals surface area contributed by atoms with Gasteiger partial charge in [0.15, 0.2) is 0 Å². The summed E-state index contributed by atoms with van der Waals surface area (Å²) >= 11 is 0. The van der Waals surface area contributed by atoms with E-state index in [-0.39, 0.29) is 17.4 Å². The number of carbonyl (C=O) groups excluding carboxylic acids is 2. The van der Waals surface area contributed by atoms with Crippen LogP contribution in [0.4, 0.5) is 0 Å². The van der Waals surface area contributed by atoms with Crippen LogP contribution in [0.25, 0.3) is 0 Å². The van der Waals surface area contributed by atoms with E-state index in [0.29, 0.717) is 25.2 Å². The lowest BCUT2D eigenvalue weighted by atomic mass is 9.93. The highest BCUT2D eigenvalue weighted by molar-refractivity contribution is 5.94. The molecule has 1 aromatic heterocycles. The van der Waals surface area contributed by atoms with Gasteiger partial charge in [0.25, 0.3) is 5.91 Å². The van der Waals surface area contributed by atoms with Crippen molar-refractivity contribution in [2.24, 2.45) is 5.92 Å². The van der Waals surface area contributed by atoms with Crippen LogP contribution in [0.3, 0.4) is 0 Å². The molecule has 0 aromatic carbocycles. The Balaban J connectivity index is 1.49. The molecule has 24 heavy (non-hydrogen) atoms.